The van der Waals surface area contributed by atoms with E-state index in [9.17, 15) is 22.8 Å². The van der Waals surface area contributed by atoms with Gasteiger partial charge in [0, 0.05) is 37.8 Å². The van der Waals surface area contributed by atoms with E-state index in [4.69, 9.17) is 22.5 Å². The van der Waals surface area contributed by atoms with Crippen molar-refractivity contribution in [2.45, 2.75) is 201 Å². The number of hydrogen-bond donors (Lipinski definition) is 0. The first kappa shape index (κ1) is 47.5. The molecule has 0 N–H and O–H groups in total. The number of unbranched alkanes of at least 4 members (excludes halogenated alkanes) is 3. The van der Waals surface area contributed by atoms with E-state index in [1.54, 1.807) is 35.6 Å². The third-order valence-corrected chi connectivity index (χ3v) is 11.6. The fourth-order valence-electron chi connectivity index (χ4n) is 8.05. The Morgan fingerprint density at radius 1 is 0.828 bits per heavy atom. The van der Waals surface area contributed by atoms with Crippen LogP contribution in [0.2, 0.25) is 0 Å². The second kappa shape index (κ2) is 20.4. The van der Waals surface area contributed by atoms with E-state index in [1.807, 2.05) is 20.8 Å². The van der Waals surface area contributed by atoms with Gasteiger partial charge in [-0.15, -0.1) is 14.5 Å². The number of rotatable bonds is 20. The van der Waals surface area contributed by atoms with Crippen LogP contribution in [0.15, 0.2) is 4.42 Å². The molecule has 58 heavy (non-hydrogen) atoms. The first-order chi connectivity index (χ1) is 27.2. The van der Waals surface area contributed by atoms with Gasteiger partial charge in [-0.1, -0.05) is 66.2 Å². The van der Waals surface area contributed by atoms with Crippen molar-refractivity contribution in [1.82, 2.24) is 35.0 Å². The van der Waals surface area contributed by atoms with Crippen molar-refractivity contribution in [3.8, 4) is 0 Å². The second-order valence-corrected chi connectivity index (χ2v) is 19.2. The molecule has 1 aromatic heterocycles. The largest absolute Gasteiger partial charge is 0.444 e. The van der Waals surface area contributed by atoms with Crippen LogP contribution in [0.25, 0.3) is 0 Å². The van der Waals surface area contributed by atoms with Gasteiger partial charge in [-0.25, -0.2) is 14.4 Å². The molecule has 3 aliphatic heterocycles. The van der Waals surface area contributed by atoms with Crippen molar-refractivity contribution >= 4 is 28.6 Å². The number of amides is 4. The number of piperidine rings is 2. The molecule has 3 aliphatic rings. The number of ether oxygens (including phenoxy) is 2. The van der Waals surface area contributed by atoms with E-state index in [-0.39, 0.29) is 30.9 Å². The lowest BCUT2D eigenvalue weighted by Crippen LogP contribution is -2.51. The highest BCUT2D eigenvalue weighted by atomic mass is 32.3. The molecule has 18 heteroatoms. The summed E-state index contributed by atoms with van der Waals surface area (Å²) in [4.78, 5) is 44.8. The molecule has 0 saturated carbocycles. The van der Waals surface area contributed by atoms with Crippen molar-refractivity contribution in [1.29, 1.82) is 0 Å². The van der Waals surface area contributed by atoms with Gasteiger partial charge in [-0.3, -0.25) is 4.90 Å². The Morgan fingerprint density at radius 2 is 1.45 bits per heavy atom. The first-order valence-corrected chi connectivity index (χ1v) is 22.9. The maximum absolute atomic E-state index is 13.8. The molecule has 0 aliphatic carbocycles. The molecule has 0 radical (unpaired) electrons. The molecule has 17 nitrogen and oxygen atoms in total. The van der Waals surface area contributed by atoms with Crippen LogP contribution in [0, 0.1) is 0 Å². The highest BCUT2D eigenvalue weighted by Gasteiger charge is 2.50. The number of urea groups is 1. The molecule has 1 aromatic rings. The van der Waals surface area contributed by atoms with Gasteiger partial charge in [-0.05, 0) is 92.9 Å². The minimum atomic E-state index is -4.68. The summed E-state index contributed by atoms with van der Waals surface area (Å²) in [6.45, 7) is 20.6. The Kier molecular flexibility index (Phi) is 16.7. The van der Waals surface area contributed by atoms with Crippen LogP contribution in [0.3, 0.4) is 0 Å². The zero-order chi connectivity index (χ0) is 42.9. The summed E-state index contributed by atoms with van der Waals surface area (Å²) in [6.07, 6.45) is 9.55. The summed E-state index contributed by atoms with van der Waals surface area (Å²) in [5.74, 6) is 0.329. The number of hydroxylamine groups is 4. The molecule has 2 atom stereocenters. The van der Waals surface area contributed by atoms with E-state index in [0.717, 1.165) is 69.3 Å². The summed E-state index contributed by atoms with van der Waals surface area (Å²) in [5, 5.41) is 11.1. The fourth-order valence-corrected chi connectivity index (χ4v) is 8.91. The lowest BCUT2D eigenvalue weighted by Gasteiger charge is -2.43. The van der Waals surface area contributed by atoms with Crippen LogP contribution in [-0.4, -0.2) is 117 Å². The van der Waals surface area contributed by atoms with E-state index in [0.29, 0.717) is 45.3 Å². The molecule has 2 bridgehead atoms. The normalized spacial score (nSPS) is 19.6. The van der Waals surface area contributed by atoms with E-state index in [2.05, 4.69) is 37.9 Å². The van der Waals surface area contributed by atoms with Crippen LogP contribution < -0.4 is 0 Å². The van der Waals surface area contributed by atoms with E-state index < -0.39 is 57.4 Å². The van der Waals surface area contributed by atoms with Gasteiger partial charge >= 0.3 is 28.6 Å². The minimum Gasteiger partial charge on any atom is -0.444 e. The van der Waals surface area contributed by atoms with Gasteiger partial charge in [0.2, 0.25) is 11.8 Å². The van der Waals surface area contributed by atoms with Crippen molar-refractivity contribution in [3.05, 3.63) is 11.8 Å². The van der Waals surface area contributed by atoms with Crippen LogP contribution in [0.4, 0.5) is 14.4 Å². The summed E-state index contributed by atoms with van der Waals surface area (Å²) >= 11 is 0. The lowest BCUT2D eigenvalue weighted by atomic mass is 9.82. The summed E-state index contributed by atoms with van der Waals surface area (Å²) in [5.41, 5.74) is -1.86. The standard InChI is InChI=1S/C40H71N7O10S/c1-11-15-23-40(22-14-4,24-16-12-2)46(25-17-13-3)56-58(51,52)57-47-31-18-19-32(45(28-31)35(47)48)34-42-41-33(53-34)29-44(37(50)55-39(8,9)10)30-20-26-43(27-21-30)36(49)54-38(5,6)7/h30-32H,11-29H2,1-10H3/t31-,32-/m0/s1. The third-order valence-electron chi connectivity index (χ3n) is 10.9. The molecule has 3 fully saturated rings. The highest BCUT2D eigenvalue weighted by Crippen LogP contribution is 2.40. The maximum atomic E-state index is 13.8. The number of hydrogen-bond acceptors (Lipinski definition) is 13. The van der Waals surface area contributed by atoms with Gasteiger partial charge < -0.3 is 23.7 Å². The van der Waals surface area contributed by atoms with Crippen molar-refractivity contribution in [3.63, 3.8) is 0 Å². The molecular weight excluding hydrogens is 771 g/mol. The number of likely N-dealkylation sites (tertiary alicyclic amines) is 1. The Balaban J connectivity index is 1.47. The first-order valence-electron chi connectivity index (χ1n) is 21.6. The molecular formula is C40H71N7O10S. The number of fused-ring (bicyclic) bond motifs is 2. The maximum Gasteiger partial charge on any atom is 0.437 e. The fraction of sp³-hybridized carbons (Fsp3) is 0.875. The minimum absolute atomic E-state index is 0.0440. The van der Waals surface area contributed by atoms with Gasteiger partial charge in [0.15, 0.2) is 0 Å². The second-order valence-electron chi connectivity index (χ2n) is 18.0. The van der Waals surface area contributed by atoms with Crippen LogP contribution in [0.5, 0.6) is 0 Å². The Labute approximate surface area is 346 Å². The Hall–Kier alpha value is -3.22. The number of aromatic nitrogens is 2. The molecule has 4 heterocycles. The summed E-state index contributed by atoms with van der Waals surface area (Å²) in [7, 11) is -4.68. The topological polar surface area (TPSA) is 177 Å². The summed E-state index contributed by atoms with van der Waals surface area (Å²) in [6, 6.07) is -2.07. The van der Waals surface area contributed by atoms with Crippen LogP contribution >= 0.6 is 0 Å². The van der Waals surface area contributed by atoms with Crippen molar-refractivity contribution in [2.24, 2.45) is 0 Å². The monoisotopic (exact) mass is 841 g/mol. The average Bonchev–Trinajstić information content (AvgIpc) is 3.70. The zero-order valence-electron chi connectivity index (χ0n) is 36.8. The molecule has 4 rings (SSSR count). The molecule has 332 valence electrons. The predicted octanol–water partition coefficient (Wildman–Crippen LogP) is 8.28. The van der Waals surface area contributed by atoms with E-state index in [1.165, 1.54) is 4.90 Å². The van der Waals surface area contributed by atoms with Crippen molar-refractivity contribution in [2.75, 3.05) is 26.2 Å². The van der Waals surface area contributed by atoms with Crippen LogP contribution in [0.1, 0.15) is 177 Å². The molecule has 0 spiro atoms. The highest BCUT2D eigenvalue weighted by molar-refractivity contribution is 7.81. The van der Waals surface area contributed by atoms with Gasteiger partial charge in [0.05, 0.1) is 6.04 Å². The number of carbonyl (C=O) groups excluding carboxylic acids is 3. The SMILES string of the molecule is CCCCN(OS(=O)(=O)ON1C(=O)N2C[C@@H]1CC[C@H]2c1nnc(CN(C(=O)OC(C)(C)C)C2CCN(C(=O)OC(C)(C)C)CC2)o1)C(CCC)(CCCC)CCCC. The molecule has 4 amide bonds. The predicted molar refractivity (Wildman–Crippen MR) is 216 cm³/mol. The van der Waals surface area contributed by atoms with Crippen LogP contribution in [-0.2, 0) is 35.0 Å². The summed E-state index contributed by atoms with van der Waals surface area (Å²) < 4.78 is 56.3. The van der Waals surface area contributed by atoms with Gasteiger partial charge in [0.25, 0.3) is 0 Å². The number of carbonyl (C=O) groups is 3. The molecule has 3 saturated heterocycles. The van der Waals surface area contributed by atoms with E-state index >= 15 is 0 Å². The number of nitrogens with zero attached hydrogens (tertiary/aromatic N) is 7. The average molecular weight is 842 g/mol. The Bertz CT molecular complexity index is 1590. The smallest absolute Gasteiger partial charge is 0.437 e. The zero-order valence-corrected chi connectivity index (χ0v) is 37.6. The van der Waals surface area contributed by atoms with Gasteiger partial charge in [0.1, 0.15) is 23.8 Å². The molecule has 0 aromatic carbocycles. The third kappa shape index (κ3) is 12.9. The molecule has 0 unspecified atom stereocenters. The quantitative estimate of drug-likeness (QED) is 0.115. The van der Waals surface area contributed by atoms with Gasteiger partial charge in [-0.2, -0.15) is 22.8 Å². The lowest BCUT2D eigenvalue weighted by molar-refractivity contribution is -0.172. The van der Waals surface area contributed by atoms with Crippen molar-refractivity contribution < 1.29 is 45.3 Å². The Morgan fingerprint density at radius 3 is 2.02 bits per heavy atom.